The van der Waals surface area contributed by atoms with Gasteiger partial charge in [0.05, 0.1) is 12.7 Å². The van der Waals surface area contributed by atoms with Gasteiger partial charge in [0.2, 0.25) is 5.91 Å². The van der Waals surface area contributed by atoms with Crippen molar-refractivity contribution in [2.45, 2.75) is 25.4 Å². The molecule has 0 saturated heterocycles. The number of nitrogens with one attached hydrogen (secondary N) is 2. The molecule has 0 fully saturated rings. The van der Waals surface area contributed by atoms with E-state index in [1.807, 2.05) is 24.3 Å². The maximum absolute atomic E-state index is 12.9. The number of aryl methyl sites for hydroxylation is 1. The van der Waals surface area contributed by atoms with Crippen LogP contribution in [0.2, 0.25) is 0 Å². The summed E-state index contributed by atoms with van der Waals surface area (Å²) in [5.41, 5.74) is -0.289. The number of carbonyl (C=O) groups excluding carboxylic acids is 1. The third-order valence-corrected chi connectivity index (χ3v) is 4.71. The van der Waals surface area contributed by atoms with Gasteiger partial charge in [-0.1, -0.05) is 24.3 Å². The molecule has 0 unspecified atom stereocenters. The van der Waals surface area contributed by atoms with Crippen LogP contribution in [0.1, 0.15) is 23.2 Å². The highest BCUT2D eigenvalue weighted by Gasteiger charge is 2.30. The van der Waals surface area contributed by atoms with Crippen LogP contribution < -0.4 is 15.6 Å². The number of H-pyrrole nitrogens is 1. The third kappa shape index (κ3) is 6.16. The first-order chi connectivity index (χ1) is 15.3. The number of ether oxygens (including phenoxy) is 1. The van der Waals surface area contributed by atoms with E-state index in [-0.39, 0.29) is 35.8 Å². The SMILES string of the molecule is COc1ccc(CCNC(=O)CCc2nnc(-c3cccc(C(F)(F)F)c3)[nH]c2=O)cc1. The summed E-state index contributed by atoms with van der Waals surface area (Å²) in [5, 5.41) is 10.4. The quantitative estimate of drug-likeness (QED) is 0.554. The van der Waals surface area contributed by atoms with Crippen LogP contribution in [0.4, 0.5) is 13.2 Å². The molecular weight excluding hydrogens is 425 g/mol. The Morgan fingerprint density at radius 1 is 1.09 bits per heavy atom. The van der Waals surface area contributed by atoms with Crippen LogP contribution in [-0.2, 0) is 23.8 Å². The number of amides is 1. The van der Waals surface area contributed by atoms with Crippen molar-refractivity contribution in [3.63, 3.8) is 0 Å². The lowest BCUT2D eigenvalue weighted by Gasteiger charge is -2.08. The Labute approximate surface area is 181 Å². The Kier molecular flexibility index (Phi) is 7.24. The van der Waals surface area contributed by atoms with Crippen molar-refractivity contribution in [3.05, 3.63) is 75.7 Å². The molecule has 1 amide bonds. The van der Waals surface area contributed by atoms with Crippen molar-refractivity contribution in [1.82, 2.24) is 20.5 Å². The van der Waals surface area contributed by atoms with Crippen LogP contribution in [0, 0.1) is 0 Å². The molecule has 10 heteroatoms. The summed E-state index contributed by atoms with van der Waals surface area (Å²) in [6.45, 7) is 0.432. The standard InChI is InChI=1S/C22H21F3N4O3/c1-32-17-7-5-14(6-8-17)11-12-26-19(30)10-9-18-21(31)27-20(29-28-18)15-3-2-4-16(13-15)22(23,24)25/h2-8,13H,9-12H2,1H3,(H,26,30)(H,27,29,31). The van der Waals surface area contributed by atoms with E-state index >= 15 is 0 Å². The number of rotatable bonds is 8. The Hall–Kier alpha value is -3.69. The minimum Gasteiger partial charge on any atom is -0.497 e. The van der Waals surface area contributed by atoms with E-state index in [1.54, 1.807) is 7.11 Å². The van der Waals surface area contributed by atoms with Crippen LogP contribution in [0.25, 0.3) is 11.4 Å². The second kappa shape index (κ2) is 10.1. The van der Waals surface area contributed by atoms with Crippen molar-refractivity contribution in [1.29, 1.82) is 0 Å². The van der Waals surface area contributed by atoms with Crippen molar-refractivity contribution < 1.29 is 22.7 Å². The number of aromatic amines is 1. The maximum atomic E-state index is 12.9. The third-order valence-electron chi connectivity index (χ3n) is 4.71. The van der Waals surface area contributed by atoms with Gasteiger partial charge < -0.3 is 15.0 Å². The summed E-state index contributed by atoms with van der Waals surface area (Å²) in [6.07, 6.45) is -3.78. The van der Waals surface area contributed by atoms with Gasteiger partial charge in [0.15, 0.2) is 5.82 Å². The van der Waals surface area contributed by atoms with E-state index in [0.717, 1.165) is 23.4 Å². The van der Waals surface area contributed by atoms with Crippen molar-refractivity contribution in [2.24, 2.45) is 0 Å². The van der Waals surface area contributed by atoms with Crippen LogP contribution in [-0.4, -0.2) is 34.7 Å². The van der Waals surface area contributed by atoms with Crippen LogP contribution in [0.5, 0.6) is 5.75 Å². The summed E-state index contributed by atoms with van der Waals surface area (Å²) in [6, 6.07) is 11.9. The molecule has 3 aromatic rings. The lowest BCUT2D eigenvalue weighted by Crippen LogP contribution is -2.27. The van der Waals surface area contributed by atoms with E-state index in [9.17, 15) is 22.8 Å². The van der Waals surface area contributed by atoms with Gasteiger partial charge in [-0.05, 0) is 36.2 Å². The first kappa shape index (κ1) is 23.0. The Morgan fingerprint density at radius 2 is 1.84 bits per heavy atom. The van der Waals surface area contributed by atoms with Crippen LogP contribution in [0.3, 0.4) is 0 Å². The molecule has 0 bridgehead atoms. The molecule has 0 spiro atoms. The maximum Gasteiger partial charge on any atom is 0.416 e. The Balaban J connectivity index is 1.53. The topological polar surface area (TPSA) is 97.0 Å². The number of carbonyl (C=O) groups is 1. The number of nitrogens with zero attached hydrogens (tertiary/aromatic N) is 2. The molecule has 0 saturated carbocycles. The predicted octanol–water partition coefficient (Wildman–Crippen LogP) is 3.15. The van der Waals surface area contributed by atoms with Gasteiger partial charge in [-0.2, -0.15) is 13.2 Å². The highest BCUT2D eigenvalue weighted by molar-refractivity contribution is 5.76. The molecular formula is C22H21F3N4O3. The van der Waals surface area contributed by atoms with E-state index in [2.05, 4.69) is 20.5 Å². The zero-order valence-electron chi connectivity index (χ0n) is 17.2. The monoisotopic (exact) mass is 446 g/mol. The van der Waals surface area contributed by atoms with Crippen molar-refractivity contribution in [2.75, 3.05) is 13.7 Å². The largest absolute Gasteiger partial charge is 0.497 e. The molecule has 0 radical (unpaired) electrons. The average Bonchev–Trinajstić information content (AvgIpc) is 2.78. The second-order valence-corrected chi connectivity index (χ2v) is 6.98. The molecule has 0 aliphatic rings. The van der Waals surface area contributed by atoms with Crippen molar-refractivity contribution >= 4 is 5.91 Å². The molecule has 7 nitrogen and oxygen atoms in total. The van der Waals surface area contributed by atoms with Gasteiger partial charge in [0, 0.05) is 24.9 Å². The molecule has 1 aromatic heterocycles. The molecule has 2 aromatic carbocycles. The number of hydrogen-bond donors (Lipinski definition) is 2. The normalized spacial score (nSPS) is 11.2. The van der Waals surface area contributed by atoms with E-state index in [4.69, 9.17) is 4.74 Å². The highest BCUT2D eigenvalue weighted by Crippen LogP contribution is 2.31. The Morgan fingerprint density at radius 3 is 2.50 bits per heavy atom. The van der Waals surface area contributed by atoms with Gasteiger partial charge in [-0.25, -0.2) is 0 Å². The number of hydrogen-bond acceptors (Lipinski definition) is 5. The van der Waals surface area contributed by atoms with Crippen LogP contribution in [0.15, 0.2) is 53.3 Å². The molecule has 32 heavy (non-hydrogen) atoms. The number of alkyl halides is 3. The minimum atomic E-state index is -4.51. The first-order valence-corrected chi connectivity index (χ1v) is 9.79. The molecule has 3 rings (SSSR count). The van der Waals surface area contributed by atoms with Gasteiger partial charge in [0.25, 0.3) is 5.56 Å². The predicted molar refractivity (Wildman–Crippen MR) is 111 cm³/mol. The molecule has 168 valence electrons. The van der Waals surface area contributed by atoms with Gasteiger partial charge in [-0.15, -0.1) is 10.2 Å². The average molecular weight is 446 g/mol. The second-order valence-electron chi connectivity index (χ2n) is 6.98. The summed E-state index contributed by atoms with van der Waals surface area (Å²) < 4.78 is 43.7. The number of benzene rings is 2. The Bertz CT molecular complexity index is 1130. The fraction of sp³-hybridized carbons (Fsp3) is 0.273. The first-order valence-electron chi connectivity index (χ1n) is 9.79. The lowest BCUT2D eigenvalue weighted by molar-refractivity contribution is -0.137. The number of aromatic nitrogens is 3. The zero-order chi connectivity index (χ0) is 23.1. The van der Waals surface area contributed by atoms with Crippen molar-refractivity contribution in [3.8, 4) is 17.1 Å². The molecule has 0 aliphatic heterocycles. The van der Waals surface area contributed by atoms with Crippen LogP contribution >= 0.6 is 0 Å². The van der Waals surface area contributed by atoms with E-state index < -0.39 is 17.3 Å². The van der Waals surface area contributed by atoms with Gasteiger partial charge in [0.1, 0.15) is 11.4 Å². The molecule has 1 heterocycles. The summed E-state index contributed by atoms with van der Waals surface area (Å²) in [5.74, 6) is 0.429. The molecule has 0 aliphatic carbocycles. The number of halogens is 3. The molecule has 2 N–H and O–H groups in total. The number of methoxy groups -OCH3 is 1. The van der Waals surface area contributed by atoms with E-state index in [0.29, 0.717) is 13.0 Å². The molecule has 0 atom stereocenters. The summed E-state index contributed by atoms with van der Waals surface area (Å²) >= 11 is 0. The zero-order valence-corrected chi connectivity index (χ0v) is 17.2. The fourth-order valence-corrected chi connectivity index (χ4v) is 2.96. The highest BCUT2D eigenvalue weighted by atomic mass is 19.4. The lowest BCUT2D eigenvalue weighted by atomic mass is 10.1. The van der Waals surface area contributed by atoms with E-state index in [1.165, 1.54) is 12.1 Å². The minimum absolute atomic E-state index is 0.0310. The summed E-state index contributed by atoms with van der Waals surface area (Å²) in [4.78, 5) is 26.7. The smallest absolute Gasteiger partial charge is 0.416 e. The van der Waals surface area contributed by atoms with Gasteiger partial charge in [-0.3, -0.25) is 9.59 Å². The fourth-order valence-electron chi connectivity index (χ4n) is 2.96. The van der Waals surface area contributed by atoms with Gasteiger partial charge >= 0.3 is 6.18 Å². The summed E-state index contributed by atoms with van der Waals surface area (Å²) in [7, 11) is 1.59.